The van der Waals surface area contributed by atoms with Gasteiger partial charge in [0.1, 0.15) is 23.3 Å². The smallest absolute Gasteiger partial charge is 0.489 e. The predicted octanol–water partition coefficient (Wildman–Crippen LogP) is 10.5. The summed E-state index contributed by atoms with van der Waals surface area (Å²) in [5.41, 5.74) is -0.438. The summed E-state index contributed by atoms with van der Waals surface area (Å²) < 4.78 is 179. The summed E-state index contributed by atoms with van der Waals surface area (Å²) >= 11 is 0. The van der Waals surface area contributed by atoms with Gasteiger partial charge >= 0.3 is 7.32 Å². The van der Waals surface area contributed by atoms with Crippen molar-refractivity contribution in [2.24, 2.45) is 0 Å². The molecule has 0 spiro atoms. The molecule has 0 aliphatic carbocycles. The summed E-state index contributed by atoms with van der Waals surface area (Å²) in [6, 6.07) is 4.71. The van der Waals surface area contributed by atoms with Crippen molar-refractivity contribution in [2.45, 2.75) is 51.5 Å². The highest BCUT2D eigenvalue weighted by Crippen LogP contribution is 2.39. The number of quaternary nitrogens is 1. The highest BCUT2D eigenvalue weighted by atomic mass is 19.2. The molecule has 52 heavy (non-hydrogen) atoms. The van der Waals surface area contributed by atoms with E-state index in [-0.39, 0.29) is 4.48 Å². The van der Waals surface area contributed by atoms with Crippen LogP contribution >= 0.6 is 0 Å². The molecule has 0 amide bonds. The molecule has 0 fully saturated rings. The Kier molecular flexibility index (Phi) is 14.7. The average molecular weight is 753 g/mol. The number of unbranched alkanes of at least 4 members (excludes halogenated alkanes) is 4. The molecule has 0 aliphatic rings. The molecule has 0 radical (unpaired) electrons. The molecule has 0 aliphatic heterocycles. The van der Waals surface area contributed by atoms with Gasteiger partial charge < -0.3 is 18.4 Å². The number of nitrogens with zero attached hydrogens (tertiary/aromatic N) is 1. The van der Waals surface area contributed by atoms with E-state index in [9.17, 15) is 48.3 Å². The van der Waals surface area contributed by atoms with Gasteiger partial charge in [0.15, 0.2) is 52.4 Å². The molecule has 0 bridgehead atoms. The first-order chi connectivity index (χ1) is 24.3. The summed E-state index contributed by atoms with van der Waals surface area (Å²) in [7, 11) is 2.72. The van der Waals surface area contributed by atoms with Crippen LogP contribution in [0.1, 0.15) is 57.1 Å². The largest absolute Gasteiger partial charge is 0.864 e. The fraction of sp³-hybridized carbons (Fsp3) is 0.314. The number of hydrogen-bond donors (Lipinski definition) is 0. The topological polar surface area (TPSA) is 27.7 Å². The van der Waals surface area contributed by atoms with Crippen molar-refractivity contribution in [2.75, 3.05) is 21.1 Å². The van der Waals surface area contributed by atoms with E-state index < -0.39 is 106 Å². The molecule has 4 nitrogen and oxygen atoms in total. The number of benzene rings is 4. The van der Waals surface area contributed by atoms with E-state index in [1.165, 1.54) is 0 Å². The third-order valence-corrected chi connectivity index (χ3v) is 7.45. The van der Waals surface area contributed by atoms with Gasteiger partial charge in [0.2, 0.25) is 0 Å². The van der Waals surface area contributed by atoms with Crippen molar-refractivity contribution in [1.82, 2.24) is 0 Å². The van der Waals surface area contributed by atoms with Gasteiger partial charge in [0, 0.05) is 48.4 Å². The lowest BCUT2D eigenvalue weighted by atomic mass is 9.95. The van der Waals surface area contributed by atoms with Crippen LogP contribution in [-0.4, -0.2) is 32.9 Å². The highest BCUT2D eigenvalue weighted by molar-refractivity contribution is 6.39. The minimum atomic E-state index is -2.32. The molecule has 0 heterocycles. The second-order valence-corrected chi connectivity index (χ2v) is 12.2. The van der Waals surface area contributed by atoms with Gasteiger partial charge in [-0.1, -0.05) is 32.6 Å². The maximum atomic E-state index is 15.5. The Bertz CT molecular complexity index is 1710. The predicted molar refractivity (Wildman–Crippen MR) is 166 cm³/mol. The standard InChI is InChI=1S/C29H30BF9NO3.C6H2F3/c1-5-6-7-8-9-10-23(40(2,3)4)25-24(15-22(35)28(38)29(25)39)43-30(41-16-11-18(31)26(36)19(32)12-16)42-17-13-20(33)27(37)21(34)14-17;7-4-2-1-3-5(8)6(4)9/h11-15,23H,5-10H2,1-4H3;2-3H/q+1;-1. The lowest BCUT2D eigenvalue weighted by molar-refractivity contribution is -0.902. The van der Waals surface area contributed by atoms with Crippen molar-refractivity contribution in [1.29, 1.82) is 0 Å². The molecular formula is C35H32BF12NO3. The molecule has 17 heteroatoms. The number of halogens is 12. The van der Waals surface area contributed by atoms with E-state index in [4.69, 9.17) is 14.0 Å². The van der Waals surface area contributed by atoms with E-state index in [1.54, 1.807) is 21.1 Å². The van der Waals surface area contributed by atoms with E-state index in [1.807, 2.05) is 6.92 Å². The SMILES string of the molecule is CCCCCCCC(c1c(OB(Oc2cc(F)c(F)c(F)c2)Oc2cc(F)c(F)c(F)c2)cc(F)c(F)c1F)[N+](C)(C)C.Fc1c[c-]cc(F)c1F. The van der Waals surface area contributed by atoms with Crippen molar-refractivity contribution < 1.29 is 71.1 Å². The van der Waals surface area contributed by atoms with Crippen LogP contribution in [0.2, 0.25) is 0 Å². The van der Waals surface area contributed by atoms with Gasteiger partial charge in [0.25, 0.3) is 0 Å². The third-order valence-electron chi connectivity index (χ3n) is 7.45. The molecule has 1 atom stereocenters. The molecule has 0 N–H and O–H groups in total. The van der Waals surface area contributed by atoms with E-state index in [2.05, 4.69) is 6.07 Å². The zero-order valence-corrected chi connectivity index (χ0v) is 28.1. The zero-order valence-electron chi connectivity index (χ0n) is 28.1. The third kappa shape index (κ3) is 11.0. The summed E-state index contributed by atoms with van der Waals surface area (Å²) in [6.45, 7) is 2.03. The van der Waals surface area contributed by atoms with Crippen LogP contribution in [0.3, 0.4) is 0 Å². The monoisotopic (exact) mass is 753 g/mol. The zero-order chi connectivity index (χ0) is 38.9. The second-order valence-electron chi connectivity index (χ2n) is 12.2. The van der Waals surface area contributed by atoms with Crippen molar-refractivity contribution in [3.05, 3.63) is 124 Å². The first kappa shape index (κ1) is 41.9. The molecule has 282 valence electrons. The van der Waals surface area contributed by atoms with Crippen LogP contribution < -0.4 is 14.0 Å². The molecular weight excluding hydrogens is 721 g/mol. The fourth-order valence-electron chi connectivity index (χ4n) is 4.88. The Balaban J connectivity index is 0.000000703. The van der Waals surface area contributed by atoms with Crippen LogP contribution in [-0.2, 0) is 0 Å². The van der Waals surface area contributed by atoms with Crippen molar-refractivity contribution in [3.8, 4) is 17.2 Å². The van der Waals surface area contributed by atoms with E-state index in [0.717, 1.165) is 37.8 Å². The highest BCUT2D eigenvalue weighted by Gasteiger charge is 2.39. The first-order valence-electron chi connectivity index (χ1n) is 15.6. The average Bonchev–Trinajstić information content (AvgIpc) is 3.06. The van der Waals surface area contributed by atoms with Gasteiger partial charge in [0.05, 0.1) is 32.5 Å². The summed E-state index contributed by atoms with van der Waals surface area (Å²) in [5, 5.41) is 0. The Morgan fingerprint density at radius 2 is 0.962 bits per heavy atom. The van der Waals surface area contributed by atoms with Gasteiger partial charge in [-0.2, -0.15) is 6.07 Å². The van der Waals surface area contributed by atoms with Crippen LogP contribution in [0, 0.1) is 75.9 Å². The van der Waals surface area contributed by atoms with Gasteiger partial charge in [-0.05, 0) is 6.42 Å². The summed E-state index contributed by atoms with van der Waals surface area (Å²) in [5.74, 6) is -21.6. The molecule has 1 unspecified atom stereocenters. The fourth-order valence-corrected chi connectivity index (χ4v) is 4.88. The summed E-state index contributed by atoms with van der Waals surface area (Å²) in [4.78, 5) is 0. The van der Waals surface area contributed by atoms with Crippen molar-refractivity contribution in [3.63, 3.8) is 0 Å². The van der Waals surface area contributed by atoms with E-state index in [0.29, 0.717) is 43.2 Å². The minimum Gasteiger partial charge on any atom is -0.489 e. The Hall–Kier alpha value is -4.54. The first-order valence-corrected chi connectivity index (χ1v) is 15.6. The lowest BCUT2D eigenvalue weighted by Crippen LogP contribution is -2.41. The molecule has 0 saturated carbocycles. The van der Waals surface area contributed by atoms with Gasteiger partial charge in [-0.3, -0.25) is 8.78 Å². The number of hydrogen-bond acceptors (Lipinski definition) is 3. The second kappa shape index (κ2) is 18.3. The van der Waals surface area contributed by atoms with Crippen LogP contribution in [0.25, 0.3) is 0 Å². The minimum absolute atomic E-state index is 0.0152. The molecule has 4 aromatic rings. The molecule has 4 rings (SSSR count). The van der Waals surface area contributed by atoms with Crippen LogP contribution in [0.5, 0.6) is 17.2 Å². The normalized spacial score (nSPS) is 11.8. The van der Waals surface area contributed by atoms with Gasteiger partial charge in [-0.25, -0.2) is 43.9 Å². The molecule has 0 aromatic heterocycles. The van der Waals surface area contributed by atoms with E-state index >= 15 is 4.39 Å². The Morgan fingerprint density at radius 3 is 1.38 bits per heavy atom. The van der Waals surface area contributed by atoms with Gasteiger partial charge in [-0.15, -0.1) is 12.1 Å². The quantitative estimate of drug-likeness (QED) is 0.0321. The maximum absolute atomic E-state index is 15.5. The molecule has 0 saturated heterocycles. The maximum Gasteiger partial charge on any atom is 0.864 e. The Morgan fingerprint density at radius 1 is 0.538 bits per heavy atom. The number of rotatable bonds is 14. The lowest BCUT2D eigenvalue weighted by Gasteiger charge is -2.36. The van der Waals surface area contributed by atoms with Crippen LogP contribution in [0.15, 0.2) is 42.5 Å². The van der Waals surface area contributed by atoms with Crippen molar-refractivity contribution >= 4 is 7.32 Å². The molecule has 4 aromatic carbocycles. The Labute approximate surface area is 292 Å². The van der Waals surface area contributed by atoms with Crippen LogP contribution in [0.4, 0.5) is 52.7 Å². The summed E-state index contributed by atoms with van der Waals surface area (Å²) in [6.07, 6.45) is 4.47.